The first-order chi connectivity index (χ1) is 9.35. The first kappa shape index (κ1) is 14.9. The summed E-state index contributed by atoms with van der Waals surface area (Å²) >= 11 is 5.90. The maximum atomic E-state index is 12.1. The third-order valence-corrected chi connectivity index (χ3v) is 3.27. The lowest BCUT2D eigenvalue weighted by atomic mass is 10.0. The van der Waals surface area contributed by atoms with Crippen LogP contribution in [0.5, 0.6) is 0 Å². The van der Waals surface area contributed by atoms with Gasteiger partial charge >= 0.3 is 6.09 Å². The van der Waals surface area contributed by atoms with E-state index in [0.29, 0.717) is 18.1 Å². The summed E-state index contributed by atoms with van der Waals surface area (Å²) in [5.74, 6) is 0. The smallest absolute Gasteiger partial charge is 0.410 e. The van der Waals surface area contributed by atoms with Gasteiger partial charge in [0.25, 0.3) is 0 Å². The highest BCUT2D eigenvalue weighted by Crippen LogP contribution is 2.23. The van der Waals surface area contributed by atoms with Crippen molar-refractivity contribution < 1.29 is 9.53 Å². The Bertz CT molecular complexity index is 514. The van der Waals surface area contributed by atoms with E-state index >= 15 is 0 Å². The molecule has 0 aliphatic carbocycles. The van der Waals surface area contributed by atoms with Gasteiger partial charge in [0.1, 0.15) is 5.60 Å². The topological polar surface area (TPSA) is 29.5 Å². The Kier molecular flexibility index (Phi) is 4.39. The maximum absolute atomic E-state index is 12.1. The molecule has 4 heteroatoms. The monoisotopic (exact) mass is 293 g/mol. The van der Waals surface area contributed by atoms with Crippen LogP contribution in [0.3, 0.4) is 0 Å². The second-order valence-corrected chi connectivity index (χ2v) is 6.36. The van der Waals surface area contributed by atoms with Gasteiger partial charge in [-0.25, -0.2) is 4.79 Å². The molecule has 0 aromatic heterocycles. The maximum Gasteiger partial charge on any atom is 0.410 e. The third-order valence-electron chi connectivity index (χ3n) is 3.02. The molecule has 20 heavy (non-hydrogen) atoms. The molecule has 1 aromatic rings. The number of amides is 1. The molecule has 0 radical (unpaired) electrons. The summed E-state index contributed by atoms with van der Waals surface area (Å²) in [6.45, 7) is 6.92. The molecule has 0 saturated carbocycles. The normalized spacial score (nSPS) is 15.8. The molecule has 1 amide bonds. The molecule has 1 aliphatic rings. The number of carbonyl (C=O) groups is 1. The number of rotatable bonds is 1. The Hall–Kier alpha value is -1.48. The van der Waals surface area contributed by atoms with Crippen molar-refractivity contribution >= 4 is 23.3 Å². The van der Waals surface area contributed by atoms with Crippen molar-refractivity contribution in [3.63, 3.8) is 0 Å². The minimum absolute atomic E-state index is 0.253. The standard InChI is InChI=1S/C16H20ClNO2/c1-16(2,3)20-15(19)18-10-4-5-13(11-18)12-6-8-14(17)9-7-12/h5-9H,4,10-11H2,1-3H3. The molecule has 0 saturated heterocycles. The van der Waals surface area contributed by atoms with Crippen LogP contribution in [0.2, 0.25) is 5.02 Å². The zero-order valence-corrected chi connectivity index (χ0v) is 12.9. The predicted molar refractivity (Wildman–Crippen MR) is 81.9 cm³/mol. The van der Waals surface area contributed by atoms with Crippen molar-refractivity contribution in [2.75, 3.05) is 13.1 Å². The first-order valence-electron chi connectivity index (χ1n) is 6.78. The van der Waals surface area contributed by atoms with Crippen LogP contribution in [-0.2, 0) is 4.74 Å². The molecule has 1 aliphatic heterocycles. The van der Waals surface area contributed by atoms with E-state index in [1.54, 1.807) is 4.90 Å². The third kappa shape index (κ3) is 4.01. The molecule has 0 unspecified atom stereocenters. The Morgan fingerprint density at radius 1 is 1.25 bits per heavy atom. The highest BCUT2D eigenvalue weighted by molar-refractivity contribution is 6.30. The van der Waals surface area contributed by atoms with Gasteiger partial charge in [0.2, 0.25) is 0 Å². The van der Waals surface area contributed by atoms with Gasteiger partial charge in [-0.1, -0.05) is 29.8 Å². The minimum Gasteiger partial charge on any atom is -0.444 e. The average molecular weight is 294 g/mol. The highest BCUT2D eigenvalue weighted by atomic mass is 35.5. The van der Waals surface area contributed by atoms with Gasteiger partial charge in [0.05, 0.1) is 0 Å². The fraction of sp³-hybridized carbons (Fsp3) is 0.438. The van der Waals surface area contributed by atoms with Crippen molar-refractivity contribution in [3.05, 3.63) is 40.9 Å². The lowest BCUT2D eigenvalue weighted by Crippen LogP contribution is -2.39. The molecule has 0 fully saturated rings. The van der Waals surface area contributed by atoms with Gasteiger partial charge in [-0.15, -0.1) is 0 Å². The lowest BCUT2D eigenvalue weighted by Gasteiger charge is -2.30. The fourth-order valence-corrected chi connectivity index (χ4v) is 2.23. The quantitative estimate of drug-likeness (QED) is 0.770. The van der Waals surface area contributed by atoms with E-state index < -0.39 is 5.60 Å². The molecule has 0 spiro atoms. The van der Waals surface area contributed by atoms with Crippen LogP contribution in [0.25, 0.3) is 5.57 Å². The van der Waals surface area contributed by atoms with Crippen LogP contribution in [0.4, 0.5) is 4.79 Å². The van der Waals surface area contributed by atoms with Gasteiger partial charge in [0.15, 0.2) is 0 Å². The summed E-state index contributed by atoms with van der Waals surface area (Å²) < 4.78 is 5.42. The van der Waals surface area contributed by atoms with Crippen LogP contribution in [0.1, 0.15) is 32.8 Å². The Labute approximate surface area is 125 Å². The number of ether oxygens (including phenoxy) is 1. The van der Waals surface area contributed by atoms with E-state index in [4.69, 9.17) is 16.3 Å². The summed E-state index contributed by atoms with van der Waals surface area (Å²) in [4.78, 5) is 13.8. The van der Waals surface area contributed by atoms with E-state index in [1.807, 2.05) is 45.0 Å². The summed E-state index contributed by atoms with van der Waals surface area (Å²) in [5, 5.41) is 0.717. The number of halogens is 1. The Morgan fingerprint density at radius 3 is 2.50 bits per heavy atom. The molecule has 1 heterocycles. The molecule has 108 valence electrons. The zero-order valence-electron chi connectivity index (χ0n) is 12.1. The second-order valence-electron chi connectivity index (χ2n) is 5.93. The molecular formula is C16H20ClNO2. The van der Waals surface area contributed by atoms with E-state index in [0.717, 1.165) is 17.6 Å². The first-order valence-corrected chi connectivity index (χ1v) is 7.16. The lowest BCUT2D eigenvalue weighted by molar-refractivity contribution is 0.0273. The molecule has 0 atom stereocenters. The van der Waals surface area contributed by atoms with Gasteiger partial charge in [-0.05, 0) is 50.5 Å². The van der Waals surface area contributed by atoms with Crippen molar-refractivity contribution in [1.82, 2.24) is 4.90 Å². The largest absolute Gasteiger partial charge is 0.444 e. The Balaban J connectivity index is 2.06. The molecule has 2 rings (SSSR count). The number of hydrogen-bond acceptors (Lipinski definition) is 2. The number of benzene rings is 1. The molecular weight excluding hydrogens is 274 g/mol. The summed E-state index contributed by atoms with van der Waals surface area (Å²) in [6.07, 6.45) is 2.76. The van der Waals surface area contributed by atoms with Gasteiger partial charge in [-0.3, -0.25) is 0 Å². The summed E-state index contributed by atoms with van der Waals surface area (Å²) in [5.41, 5.74) is 1.78. The highest BCUT2D eigenvalue weighted by Gasteiger charge is 2.24. The van der Waals surface area contributed by atoms with Crippen LogP contribution in [-0.4, -0.2) is 29.7 Å². The molecule has 3 nitrogen and oxygen atoms in total. The number of carbonyl (C=O) groups excluding carboxylic acids is 1. The van der Waals surface area contributed by atoms with Crippen molar-refractivity contribution in [2.24, 2.45) is 0 Å². The van der Waals surface area contributed by atoms with Crippen LogP contribution >= 0.6 is 11.6 Å². The van der Waals surface area contributed by atoms with E-state index in [9.17, 15) is 4.79 Å². The molecule has 0 bridgehead atoms. The second kappa shape index (κ2) is 5.88. The average Bonchev–Trinajstić information content (AvgIpc) is 2.38. The van der Waals surface area contributed by atoms with Gasteiger partial charge in [0, 0.05) is 18.1 Å². The van der Waals surface area contributed by atoms with Gasteiger partial charge in [-0.2, -0.15) is 0 Å². The number of nitrogens with zero attached hydrogens (tertiary/aromatic N) is 1. The van der Waals surface area contributed by atoms with E-state index in [2.05, 4.69) is 6.08 Å². The predicted octanol–water partition coefficient (Wildman–Crippen LogP) is 4.36. The van der Waals surface area contributed by atoms with E-state index in [-0.39, 0.29) is 6.09 Å². The SMILES string of the molecule is CC(C)(C)OC(=O)N1CCC=C(c2ccc(Cl)cc2)C1. The zero-order chi connectivity index (χ0) is 14.8. The van der Waals surface area contributed by atoms with Gasteiger partial charge < -0.3 is 9.64 Å². The summed E-state index contributed by atoms with van der Waals surface area (Å²) in [7, 11) is 0. The Morgan fingerprint density at radius 2 is 1.90 bits per heavy atom. The molecule has 1 aromatic carbocycles. The van der Waals surface area contributed by atoms with Crippen molar-refractivity contribution in [1.29, 1.82) is 0 Å². The van der Waals surface area contributed by atoms with E-state index in [1.165, 1.54) is 0 Å². The van der Waals surface area contributed by atoms with Crippen LogP contribution < -0.4 is 0 Å². The molecule has 0 N–H and O–H groups in total. The van der Waals surface area contributed by atoms with Crippen molar-refractivity contribution in [3.8, 4) is 0 Å². The van der Waals surface area contributed by atoms with Crippen LogP contribution in [0.15, 0.2) is 30.3 Å². The van der Waals surface area contributed by atoms with Crippen LogP contribution in [0, 0.1) is 0 Å². The van der Waals surface area contributed by atoms with Crippen molar-refractivity contribution in [2.45, 2.75) is 32.8 Å². The summed E-state index contributed by atoms with van der Waals surface area (Å²) in [6, 6.07) is 7.69. The fourth-order valence-electron chi connectivity index (χ4n) is 2.10. The minimum atomic E-state index is -0.460. The number of hydrogen-bond donors (Lipinski definition) is 0.